The number of rotatable bonds is 2. The van der Waals surface area contributed by atoms with Crippen molar-refractivity contribution in [2.75, 3.05) is 14.2 Å². The van der Waals surface area contributed by atoms with E-state index in [0.29, 0.717) is 11.5 Å². The van der Waals surface area contributed by atoms with Crippen molar-refractivity contribution in [3.8, 4) is 17.2 Å². The molecule has 0 atom stereocenters. The average molecular weight is 168 g/mol. The van der Waals surface area contributed by atoms with E-state index < -0.39 is 0 Å². The molecule has 0 aliphatic rings. The first-order valence-corrected chi connectivity index (χ1v) is 3.60. The molecule has 3 nitrogen and oxygen atoms in total. The topological polar surface area (TPSA) is 38.7 Å². The Hall–Kier alpha value is -1.38. The van der Waals surface area contributed by atoms with E-state index in [9.17, 15) is 5.11 Å². The molecule has 1 aromatic rings. The van der Waals surface area contributed by atoms with Crippen LogP contribution in [0.3, 0.4) is 0 Å². The Morgan fingerprint density at radius 2 is 1.83 bits per heavy atom. The van der Waals surface area contributed by atoms with Crippen LogP contribution in [0.1, 0.15) is 5.56 Å². The first-order valence-electron chi connectivity index (χ1n) is 3.60. The van der Waals surface area contributed by atoms with Crippen molar-refractivity contribution in [1.29, 1.82) is 0 Å². The van der Waals surface area contributed by atoms with Crippen LogP contribution in [0, 0.1) is 6.92 Å². The van der Waals surface area contributed by atoms with Gasteiger partial charge in [-0.3, -0.25) is 0 Å². The fraction of sp³-hybridized carbons (Fsp3) is 0.333. The van der Waals surface area contributed by atoms with Crippen LogP contribution in [0.15, 0.2) is 12.1 Å². The molecule has 1 aromatic carbocycles. The van der Waals surface area contributed by atoms with Gasteiger partial charge in [0.05, 0.1) is 14.2 Å². The van der Waals surface area contributed by atoms with Crippen molar-refractivity contribution >= 4 is 0 Å². The van der Waals surface area contributed by atoms with Gasteiger partial charge >= 0.3 is 0 Å². The van der Waals surface area contributed by atoms with Crippen molar-refractivity contribution in [3.05, 3.63) is 17.7 Å². The van der Waals surface area contributed by atoms with Gasteiger partial charge in [0.25, 0.3) is 0 Å². The van der Waals surface area contributed by atoms with E-state index in [1.807, 2.05) is 6.92 Å². The van der Waals surface area contributed by atoms with Crippen LogP contribution in [-0.2, 0) is 0 Å². The van der Waals surface area contributed by atoms with E-state index in [2.05, 4.69) is 0 Å². The molecule has 12 heavy (non-hydrogen) atoms. The van der Waals surface area contributed by atoms with Gasteiger partial charge in [0.1, 0.15) is 0 Å². The molecule has 0 saturated heterocycles. The van der Waals surface area contributed by atoms with E-state index >= 15 is 0 Å². The van der Waals surface area contributed by atoms with Crippen molar-refractivity contribution in [2.24, 2.45) is 0 Å². The van der Waals surface area contributed by atoms with E-state index in [4.69, 9.17) is 9.47 Å². The van der Waals surface area contributed by atoms with Crippen LogP contribution in [0.2, 0.25) is 0 Å². The lowest BCUT2D eigenvalue weighted by Gasteiger charge is -2.09. The van der Waals surface area contributed by atoms with E-state index in [-0.39, 0.29) is 5.75 Å². The van der Waals surface area contributed by atoms with Gasteiger partial charge in [-0.05, 0) is 24.6 Å². The van der Waals surface area contributed by atoms with Crippen LogP contribution in [-0.4, -0.2) is 19.3 Å². The average Bonchev–Trinajstić information content (AvgIpc) is 2.03. The molecule has 0 fully saturated rings. The maximum atomic E-state index is 9.40. The molecule has 0 spiro atoms. The summed E-state index contributed by atoms with van der Waals surface area (Å²) in [5.74, 6) is 1.03. The number of hydrogen-bond donors (Lipinski definition) is 1. The molecule has 0 radical (unpaired) electrons. The predicted molar refractivity (Wildman–Crippen MR) is 45.9 cm³/mol. The molecule has 0 aliphatic carbocycles. The zero-order valence-corrected chi connectivity index (χ0v) is 7.42. The van der Waals surface area contributed by atoms with Gasteiger partial charge in [0.2, 0.25) is 5.75 Å². The highest BCUT2D eigenvalue weighted by atomic mass is 16.5. The number of aromatic hydroxyl groups is 1. The van der Waals surface area contributed by atoms with Crippen LogP contribution in [0.25, 0.3) is 0 Å². The fourth-order valence-electron chi connectivity index (χ4n) is 1.08. The molecule has 0 heterocycles. The summed E-state index contributed by atoms with van der Waals surface area (Å²) < 4.78 is 9.96. The normalized spacial score (nSPS) is 9.58. The lowest BCUT2D eigenvalue weighted by molar-refractivity contribution is 0.332. The number of hydrogen-bond acceptors (Lipinski definition) is 3. The predicted octanol–water partition coefficient (Wildman–Crippen LogP) is 1.72. The largest absolute Gasteiger partial charge is 0.504 e. The van der Waals surface area contributed by atoms with Gasteiger partial charge in [0.15, 0.2) is 11.5 Å². The minimum Gasteiger partial charge on any atom is -0.504 e. The first-order chi connectivity index (χ1) is 5.69. The molecule has 1 N–H and O–H groups in total. The molecule has 1 rings (SSSR count). The summed E-state index contributed by atoms with van der Waals surface area (Å²) in [4.78, 5) is 0. The van der Waals surface area contributed by atoms with Crippen molar-refractivity contribution in [2.45, 2.75) is 6.92 Å². The van der Waals surface area contributed by atoms with Crippen molar-refractivity contribution in [1.82, 2.24) is 0 Å². The van der Waals surface area contributed by atoms with Crippen molar-refractivity contribution < 1.29 is 14.6 Å². The Bertz CT molecular complexity index is 281. The van der Waals surface area contributed by atoms with E-state index in [0.717, 1.165) is 5.56 Å². The Kier molecular flexibility index (Phi) is 2.43. The number of ether oxygens (including phenoxy) is 2. The molecule has 0 amide bonds. The van der Waals surface area contributed by atoms with Gasteiger partial charge in [-0.2, -0.15) is 0 Å². The monoisotopic (exact) mass is 168 g/mol. The molecule has 0 aromatic heterocycles. The Balaban J connectivity index is 3.24. The van der Waals surface area contributed by atoms with Crippen LogP contribution < -0.4 is 9.47 Å². The lowest BCUT2D eigenvalue weighted by Crippen LogP contribution is -1.91. The van der Waals surface area contributed by atoms with Gasteiger partial charge in [0, 0.05) is 0 Å². The molecule has 3 heteroatoms. The van der Waals surface area contributed by atoms with E-state index in [1.54, 1.807) is 12.1 Å². The third-order valence-corrected chi connectivity index (χ3v) is 1.60. The van der Waals surface area contributed by atoms with Gasteiger partial charge < -0.3 is 14.6 Å². The van der Waals surface area contributed by atoms with Gasteiger partial charge in [-0.1, -0.05) is 0 Å². The number of methoxy groups -OCH3 is 2. The van der Waals surface area contributed by atoms with Gasteiger partial charge in [-0.15, -0.1) is 0 Å². The second-order valence-electron chi connectivity index (χ2n) is 2.52. The molecular formula is C9H12O3. The molecule has 0 bridgehead atoms. The highest BCUT2D eigenvalue weighted by Crippen LogP contribution is 2.36. The number of aryl methyl sites for hydroxylation is 1. The third kappa shape index (κ3) is 1.44. The Labute approximate surface area is 71.5 Å². The summed E-state index contributed by atoms with van der Waals surface area (Å²) >= 11 is 0. The summed E-state index contributed by atoms with van der Waals surface area (Å²) in [6.07, 6.45) is 0. The third-order valence-electron chi connectivity index (χ3n) is 1.60. The number of phenols is 1. The smallest absolute Gasteiger partial charge is 0.203 e. The summed E-state index contributed by atoms with van der Waals surface area (Å²) in [7, 11) is 3.03. The summed E-state index contributed by atoms with van der Waals surface area (Å²) in [6, 6.07) is 3.43. The quantitative estimate of drug-likeness (QED) is 0.730. The molecule has 0 unspecified atom stereocenters. The Morgan fingerprint density at radius 1 is 1.17 bits per heavy atom. The van der Waals surface area contributed by atoms with Crippen LogP contribution in [0.4, 0.5) is 0 Å². The molecular weight excluding hydrogens is 156 g/mol. The summed E-state index contributed by atoms with van der Waals surface area (Å²) in [6.45, 7) is 1.88. The summed E-state index contributed by atoms with van der Waals surface area (Å²) in [5.41, 5.74) is 0.935. The second-order valence-corrected chi connectivity index (χ2v) is 2.52. The van der Waals surface area contributed by atoms with E-state index in [1.165, 1.54) is 14.2 Å². The second kappa shape index (κ2) is 3.34. The number of benzene rings is 1. The van der Waals surface area contributed by atoms with Gasteiger partial charge in [-0.25, -0.2) is 0 Å². The SMILES string of the molecule is COc1cc(C)cc(O)c1OC. The lowest BCUT2D eigenvalue weighted by atomic mass is 10.2. The van der Waals surface area contributed by atoms with Crippen molar-refractivity contribution in [3.63, 3.8) is 0 Å². The van der Waals surface area contributed by atoms with Crippen LogP contribution >= 0.6 is 0 Å². The number of phenolic OH excluding ortho intramolecular Hbond substituents is 1. The molecule has 0 saturated carbocycles. The highest BCUT2D eigenvalue weighted by molar-refractivity contribution is 5.52. The zero-order valence-electron chi connectivity index (χ0n) is 7.42. The standard InChI is InChI=1S/C9H12O3/c1-6-4-7(10)9(12-3)8(5-6)11-2/h4-5,10H,1-3H3. The maximum Gasteiger partial charge on any atom is 0.203 e. The highest BCUT2D eigenvalue weighted by Gasteiger charge is 2.08. The maximum absolute atomic E-state index is 9.40. The Morgan fingerprint density at radius 3 is 2.33 bits per heavy atom. The fourth-order valence-corrected chi connectivity index (χ4v) is 1.08. The minimum atomic E-state index is 0.106. The molecule has 0 aliphatic heterocycles. The first kappa shape index (κ1) is 8.71. The zero-order chi connectivity index (χ0) is 9.14. The minimum absolute atomic E-state index is 0.106. The molecule has 66 valence electrons. The van der Waals surface area contributed by atoms with Crippen LogP contribution in [0.5, 0.6) is 17.2 Å². The summed E-state index contributed by atoms with van der Waals surface area (Å²) in [5, 5.41) is 9.40.